The predicted octanol–water partition coefficient (Wildman–Crippen LogP) is 1.70. The zero-order chi connectivity index (χ0) is 16.9. The molecule has 1 atom stereocenters. The standard InChI is InChI=1S/C17H17ClN4O2/c18-13-3-1-2-12(8-13)4-7-22-11-14(9-16(22)23)21-17(24)15-10-19-5-6-20-15/h1-3,5-6,8,10,14H,4,7,9,11H2,(H,21,24)/t14-/m1/s1. The number of halogens is 1. The van der Waals surface area contributed by atoms with E-state index >= 15 is 0 Å². The van der Waals surface area contributed by atoms with Crippen molar-refractivity contribution in [1.82, 2.24) is 20.2 Å². The third-order valence-corrected chi connectivity index (χ3v) is 4.14. The Morgan fingerprint density at radius 1 is 1.38 bits per heavy atom. The predicted molar refractivity (Wildman–Crippen MR) is 89.6 cm³/mol. The van der Waals surface area contributed by atoms with Gasteiger partial charge in [-0.3, -0.25) is 14.6 Å². The average molecular weight is 345 g/mol. The number of nitrogens with zero attached hydrogens (tertiary/aromatic N) is 3. The second-order valence-corrected chi connectivity index (χ2v) is 6.12. The van der Waals surface area contributed by atoms with Crippen LogP contribution in [-0.4, -0.2) is 45.8 Å². The van der Waals surface area contributed by atoms with Crippen molar-refractivity contribution in [3.8, 4) is 0 Å². The van der Waals surface area contributed by atoms with Crippen LogP contribution < -0.4 is 5.32 Å². The van der Waals surface area contributed by atoms with Crippen molar-refractivity contribution in [3.63, 3.8) is 0 Å². The number of hydrogen-bond acceptors (Lipinski definition) is 4. The average Bonchev–Trinajstić information content (AvgIpc) is 2.93. The summed E-state index contributed by atoms with van der Waals surface area (Å²) < 4.78 is 0. The van der Waals surface area contributed by atoms with Crippen LogP contribution in [0.25, 0.3) is 0 Å². The van der Waals surface area contributed by atoms with Gasteiger partial charge in [-0.15, -0.1) is 0 Å². The molecule has 6 nitrogen and oxygen atoms in total. The molecule has 0 aliphatic carbocycles. The van der Waals surface area contributed by atoms with Gasteiger partial charge in [-0.1, -0.05) is 23.7 Å². The van der Waals surface area contributed by atoms with Gasteiger partial charge in [0.2, 0.25) is 5.91 Å². The summed E-state index contributed by atoms with van der Waals surface area (Å²) in [4.78, 5) is 33.8. The molecule has 0 radical (unpaired) electrons. The van der Waals surface area contributed by atoms with Crippen LogP contribution >= 0.6 is 11.6 Å². The summed E-state index contributed by atoms with van der Waals surface area (Å²) in [5, 5.41) is 3.53. The minimum absolute atomic E-state index is 0.0430. The van der Waals surface area contributed by atoms with Crippen molar-refractivity contribution in [3.05, 3.63) is 59.1 Å². The normalized spacial score (nSPS) is 17.1. The second kappa shape index (κ2) is 7.40. The van der Waals surface area contributed by atoms with Crippen molar-refractivity contribution in [2.75, 3.05) is 13.1 Å². The Balaban J connectivity index is 1.53. The van der Waals surface area contributed by atoms with E-state index in [9.17, 15) is 9.59 Å². The summed E-state index contributed by atoms with van der Waals surface area (Å²) in [5.41, 5.74) is 1.34. The molecule has 24 heavy (non-hydrogen) atoms. The molecule has 1 aliphatic heterocycles. The highest BCUT2D eigenvalue weighted by Gasteiger charge is 2.30. The molecule has 2 heterocycles. The highest BCUT2D eigenvalue weighted by molar-refractivity contribution is 6.30. The molecular formula is C17H17ClN4O2. The van der Waals surface area contributed by atoms with Gasteiger partial charge in [0, 0.05) is 36.9 Å². The van der Waals surface area contributed by atoms with E-state index < -0.39 is 0 Å². The van der Waals surface area contributed by atoms with Crippen LogP contribution in [0.2, 0.25) is 5.02 Å². The highest BCUT2D eigenvalue weighted by atomic mass is 35.5. The number of likely N-dealkylation sites (tertiary alicyclic amines) is 1. The zero-order valence-electron chi connectivity index (χ0n) is 13.0. The maximum absolute atomic E-state index is 12.1. The summed E-state index contributed by atoms with van der Waals surface area (Å²) in [7, 11) is 0. The number of benzene rings is 1. The van der Waals surface area contributed by atoms with Crippen LogP contribution in [-0.2, 0) is 11.2 Å². The molecule has 1 N–H and O–H groups in total. The third-order valence-electron chi connectivity index (χ3n) is 3.90. The summed E-state index contributed by atoms with van der Waals surface area (Å²) in [6.07, 6.45) is 5.42. The zero-order valence-corrected chi connectivity index (χ0v) is 13.7. The van der Waals surface area contributed by atoms with Crippen LogP contribution in [0.15, 0.2) is 42.9 Å². The quantitative estimate of drug-likeness (QED) is 0.895. The molecule has 0 unspecified atom stereocenters. The van der Waals surface area contributed by atoms with E-state index in [1.165, 1.54) is 18.6 Å². The van der Waals surface area contributed by atoms with Gasteiger partial charge in [-0.05, 0) is 24.1 Å². The molecule has 1 fully saturated rings. The number of carbonyl (C=O) groups is 2. The largest absolute Gasteiger partial charge is 0.346 e. The van der Waals surface area contributed by atoms with Crippen molar-refractivity contribution in [2.24, 2.45) is 0 Å². The molecule has 124 valence electrons. The van der Waals surface area contributed by atoms with Crippen LogP contribution in [0.4, 0.5) is 0 Å². The lowest BCUT2D eigenvalue weighted by Gasteiger charge is -2.17. The SMILES string of the molecule is O=C(N[C@@H]1CC(=O)N(CCc2cccc(Cl)c2)C1)c1cnccn1. The Morgan fingerprint density at radius 2 is 2.25 bits per heavy atom. The molecule has 2 aromatic rings. The van der Waals surface area contributed by atoms with E-state index in [0.29, 0.717) is 24.5 Å². The Morgan fingerprint density at radius 3 is 3.00 bits per heavy atom. The second-order valence-electron chi connectivity index (χ2n) is 5.68. The minimum Gasteiger partial charge on any atom is -0.346 e. The molecule has 7 heteroatoms. The fourth-order valence-corrected chi connectivity index (χ4v) is 2.93. The Kier molecular flexibility index (Phi) is 5.05. The van der Waals surface area contributed by atoms with Crippen molar-refractivity contribution in [1.29, 1.82) is 0 Å². The Labute approximate surface area is 144 Å². The fourth-order valence-electron chi connectivity index (χ4n) is 2.72. The first-order chi connectivity index (χ1) is 11.6. The molecular weight excluding hydrogens is 328 g/mol. The van der Waals surface area contributed by atoms with Crippen LogP contribution in [0, 0.1) is 0 Å². The van der Waals surface area contributed by atoms with Gasteiger partial charge in [-0.2, -0.15) is 0 Å². The number of aromatic nitrogens is 2. The molecule has 1 aliphatic rings. The van der Waals surface area contributed by atoms with Crippen LogP contribution in [0.3, 0.4) is 0 Å². The highest BCUT2D eigenvalue weighted by Crippen LogP contribution is 2.15. The van der Waals surface area contributed by atoms with Crippen molar-refractivity contribution >= 4 is 23.4 Å². The van der Waals surface area contributed by atoms with Gasteiger partial charge >= 0.3 is 0 Å². The van der Waals surface area contributed by atoms with Crippen molar-refractivity contribution in [2.45, 2.75) is 18.9 Å². The minimum atomic E-state index is -0.308. The number of rotatable bonds is 5. The molecule has 2 amide bonds. The molecule has 1 aromatic heterocycles. The van der Waals surface area contributed by atoms with Gasteiger partial charge in [0.25, 0.3) is 5.91 Å². The Hall–Kier alpha value is -2.47. The number of hydrogen-bond donors (Lipinski definition) is 1. The van der Waals surface area contributed by atoms with Crippen LogP contribution in [0.5, 0.6) is 0 Å². The lowest BCUT2D eigenvalue weighted by molar-refractivity contribution is -0.127. The maximum Gasteiger partial charge on any atom is 0.271 e. The molecule has 1 saturated heterocycles. The number of amides is 2. The van der Waals surface area contributed by atoms with E-state index in [1.807, 2.05) is 24.3 Å². The lowest BCUT2D eigenvalue weighted by Crippen LogP contribution is -2.37. The number of carbonyl (C=O) groups excluding carboxylic acids is 2. The summed E-state index contributed by atoms with van der Waals surface area (Å²) in [6.45, 7) is 1.11. The van der Waals surface area contributed by atoms with Gasteiger partial charge in [0.05, 0.1) is 12.2 Å². The number of nitrogens with one attached hydrogen (secondary N) is 1. The van der Waals surface area contributed by atoms with Gasteiger partial charge in [-0.25, -0.2) is 4.98 Å². The van der Waals surface area contributed by atoms with E-state index in [0.717, 1.165) is 12.0 Å². The monoisotopic (exact) mass is 344 g/mol. The maximum atomic E-state index is 12.1. The van der Waals surface area contributed by atoms with E-state index in [-0.39, 0.29) is 23.6 Å². The van der Waals surface area contributed by atoms with Crippen LogP contribution in [0.1, 0.15) is 22.5 Å². The van der Waals surface area contributed by atoms with E-state index in [1.54, 1.807) is 4.90 Å². The lowest BCUT2D eigenvalue weighted by atomic mass is 10.1. The fraction of sp³-hybridized carbons (Fsp3) is 0.294. The van der Waals surface area contributed by atoms with E-state index in [4.69, 9.17) is 11.6 Å². The first-order valence-corrected chi connectivity index (χ1v) is 8.09. The topological polar surface area (TPSA) is 75.2 Å². The summed E-state index contributed by atoms with van der Waals surface area (Å²) >= 11 is 5.97. The smallest absolute Gasteiger partial charge is 0.271 e. The Bertz CT molecular complexity index is 738. The van der Waals surface area contributed by atoms with Gasteiger partial charge in [0.1, 0.15) is 5.69 Å². The molecule has 0 spiro atoms. The van der Waals surface area contributed by atoms with Gasteiger partial charge < -0.3 is 10.2 Å². The van der Waals surface area contributed by atoms with Gasteiger partial charge in [0.15, 0.2) is 0 Å². The molecule has 3 rings (SSSR count). The first-order valence-electron chi connectivity index (χ1n) is 7.71. The van der Waals surface area contributed by atoms with Crippen molar-refractivity contribution < 1.29 is 9.59 Å². The first kappa shape index (κ1) is 16.4. The third kappa shape index (κ3) is 4.08. The molecule has 0 bridgehead atoms. The molecule has 0 saturated carbocycles. The summed E-state index contributed by atoms with van der Waals surface area (Å²) in [5.74, 6) is -0.265. The summed E-state index contributed by atoms with van der Waals surface area (Å²) in [6, 6.07) is 7.40. The molecule has 1 aromatic carbocycles. The van der Waals surface area contributed by atoms with E-state index in [2.05, 4.69) is 15.3 Å².